The average Bonchev–Trinajstić information content (AvgIpc) is 2.51. The maximum Gasteiger partial charge on any atom is 0.167 e. The smallest absolute Gasteiger partial charge is 0.167 e. The van der Waals surface area contributed by atoms with Gasteiger partial charge in [0, 0.05) is 11.4 Å². The SMILES string of the molecule is CC(N)Cc1cccc2oncc12. The molecule has 2 aromatic rings. The van der Waals surface area contributed by atoms with Crippen LogP contribution in [0.25, 0.3) is 11.0 Å². The van der Waals surface area contributed by atoms with E-state index in [-0.39, 0.29) is 6.04 Å². The van der Waals surface area contributed by atoms with Crippen molar-refractivity contribution in [1.29, 1.82) is 0 Å². The molecule has 3 nitrogen and oxygen atoms in total. The van der Waals surface area contributed by atoms with Crippen LogP contribution in [0, 0.1) is 0 Å². The second-order valence-electron chi connectivity index (χ2n) is 3.34. The Kier molecular flexibility index (Phi) is 2.02. The summed E-state index contributed by atoms with van der Waals surface area (Å²) in [6.07, 6.45) is 2.60. The first-order valence-electron chi connectivity index (χ1n) is 4.35. The average molecular weight is 176 g/mol. The first kappa shape index (κ1) is 8.26. The van der Waals surface area contributed by atoms with Gasteiger partial charge in [-0.1, -0.05) is 17.3 Å². The summed E-state index contributed by atoms with van der Waals surface area (Å²) in [7, 11) is 0. The van der Waals surface area contributed by atoms with Crippen molar-refractivity contribution in [3.05, 3.63) is 30.0 Å². The number of hydrogen-bond acceptors (Lipinski definition) is 3. The summed E-state index contributed by atoms with van der Waals surface area (Å²) >= 11 is 0. The molecule has 0 aliphatic carbocycles. The second-order valence-corrected chi connectivity index (χ2v) is 3.34. The Morgan fingerprint density at radius 3 is 3.15 bits per heavy atom. The molecule has 2 rings (SSSR count). The Hall–Kier alpha value is -1.35. The fourth-order valence-corrected chi connectivity index (χ4v) is 1.48. The van der Waals surface area contributed by atoms with E-state index in [1.54, 1.807) is 6.20 Å². The van der Waals surface area contributed by atoms with Gasteiger partial charge in [0.05, 0.1) is 6.20 Å². The molecule has 0 amide bonds. The summed E-state index contributed by atoms with van der Waals surface area (Å²) in [5, 5.41) is 4.82. The van der Waals surface area contributed by atoms with Crippen molar-refractivity contribution in [2.45, 2.75) is 19.4 Å². The van der Waals surface area contributed by atoms with Gasteiger partial charge >= 0.3 is 0 Å². The third-order valence-electron chi connectivity index (χ3n) is 2.03. The Morgan fingerprint density at radius 2 is 2.38 bits per heavy atom. The normalized spacial score (nSPS) is 13.4. The second kappa shape index (κ2) is 3.18. The molecule has 0 saturated heterocycles. The van der Waals surface area contributed by atoms with E-state index < -0.39 is 0 Å². The molecule has 1 atom stereocenters. The van der Waals surface area contributed by atoms with Crippen LogP contribution >= 0.6 is 0 Å². The summed E-state index contributed by atoms with van der Waals surface area (Å²) in [6, 6.07) is 6.10. The number of aromatic nitrogens is 1. The molecule has 2 N–H and O–H groups in total. The summed E-state index contributed by atoms with van der Waals surface area (Å²) in [4.78, 5) is 0. The van der Waals surface area contributed by atoms with Crippen molar-refractivity contribution in [2.24, 2.45) is 5.73 Å². The minimum Gasteiger partial charge on any atom is -0.356 e. The van der Waals surface area contributed by atoms with Gasteiger partial charge in [-0.15, -0.1) is 0 Å². The number of benzene rings is 1. The molecular weight excluding hydrogens is 164 g/mol. The maximum absolute atomic E-state index is 5.73. The minimum absolute atomic E-state index is 0.167. The molecule has 0 radical (unpaired) electrons. The number of nitrogens with two attached hydrogens (primary N) is 1. The van der Waals surface area contributed by atoms with Crippen LogP contribution in [0.3, 0.4) is 0 Å². The van der Waals surface area contributed by atoms with Gasteiger partial charge in [-0.3, -0.25) is 0 Å². The van der Waals surface area contributed by atoms with Gasteiger partial charge in [0.15, 0.2) is 5.58 Å². The first-order valence-corrected chi connectivity index (χ1v) is 4.35. The van der Waals surface area contributed by atoms with Crippen LogP contribution in [0.1, 0.15) is 12.5 Å². The third kappa shape index (κ3) is 1.55. The highest BCUT2D eigenvalue weighted by Crippen LogP contribution is 2.18. The van der Waals surface area contributed by atoms with Gasteiger partial charge in [0.2, 0.25) is 0 Å². The van der Waals surface area contributed by atoms with Crippen molar-refractivity contribution in [3.8, 4) is 0 Å². The van der Waals surface area contributed by atoms with Crippen molar-refractivity contribution < 1.29 is 4.52 Å². The first-order chi connectivity index (χ1) is 6.27. The van der Waals surface area contributed by atoms with E-state index in [1.165, 1.54) is 5.56 Å². The van der Waals surface area contributed by atoms with Crippen LogP contribution < -0.4 is 5.73 Å². The van der Waals surface area contributed by atoms with E-state index in [2.05, 4.69) is 11.2 Å². The van der Waals surface area contributed by atoms with Crippen molar-refractivity contribution in [2.75, 3.05) is 0 Å². The van der Waals surface area contributed by atoms with Crippen LogP contribution in [-0.4, -0.2) is 11.2 Å². The van der Waals surface area contributed by atoms with E-state index in [0.29, 0.717) is 0 Å². The van der Waals surface area contributed by atoms with Crippen molar-refractivity contribution >= 4 is 11.0 Å². The lowest BCUT2D eigenvalue weighted by molar-refractivity contribution is 0.456. The zero-order chi connectivity index (χ0) is 9.26. The summed E-state index contributed by atoms with van der Waals surface area (Å²) in [6.45, 7) is 1.99. The highest BCUT2D eigenvalue weighted by molar-refractivity contribution is 5.79. The van der Waals surface area contributed by atoms with E-state index in [0.717, 1.165) is 17.4 Å². The quantitative estimate of drug-likeness (QED) is 0.757. The molecular formula is C10H12N2O. The molecule has 0 saturated carbocycles. The molecule has 1 aromatic carbocycles. The highest BCUT2D eigenvalue weighted by atomic mass is 16.5. The molecule has 0 aliphatic rings. The Balaban J connectivity index is 2.48. The van der Waals surface area contributed by atoms with Gasteiger partial charge in [-0.2, -0.15) is 0 Å². The van der Waals surface area contributed by atoms with Gasteiger partial charge in [-0.05, 0) is 25.0 Å². The van der Waals surface area contributed by atoms with Crippen LogP contribution in [0.5, 0.6) is 0 Å². The van der Waals surface area contributed by atoms with E-state index >= 15 is 0 Å². The van der Waals surface area contributed by atoms with Gasteiger partial charge in [0.25, 0.3) is 0 Å². The van der Waals surface area contributed by atoms with Crippen molar-refractivity contribution in [3.63, 3.8) is 0 Å². The molecule has 0 aliphatic heterocycles. The number of nitrogens with zero attached hydrogens (tertiary/aromatic N) is 1. The van der Waals surface area contributed by atoms with E-state index in [1.807, 2.05) is 19.1 Å². The van der Waals surface area contributed by atoms with Gasteiger partial charge < -0.3 is 10.3 Å². The van der Waals surface area contributed by atoms with E-state index in [4.69, 9.17) is 10.3 Å². The predicted octanol–water partition coefficient (Wildman–Crippen LogP) is 1.72. The van der Waals surface area contributed by atoms with Crippen molar-refractivity contribution in [1.82, 2.24) is 5.16 Å². The van der Waals surface area contributed by atoms with Crippen LogP contribution in [0.2, 0.25) is 0 Å². The Bertz CT molecular complexity index is 406. The zero-order valence-electron chi connectivity index (χ0n) is 7.53. The molecule has 1 unspecified atom stereocenters. The number of hydrogen-bond donors (Lipinski definition) is 1. The molecule has 1 heterocycles. The number of rotatable bonds is 2. The lowest BCUT2D eigenvalue weighted by atomic mass is 10.0. The van der Waals surface area contributed by atoms with E-state index in [9.17, 15) is 0 Å². The minimum atomic E-state index is 0.167. The Labute approximate surface area is 76.5 Å². The molecule has 3 heteroatoms. The van der Waals surface area contributed by atoms with Crippen LogP contribution in [0.15, 0.2) is 28.9 Å². The predicted molar refractivity (Wildman–Crippen MR) is 51.4 cm³/mol. The number of fused-ring (bicyclic) bond motifs is 1. The molecule has 0 fully saturated rings. The monoisotopic (exact) mass is 176 g/mol. The highest BCUT2D eigenvalue weighted by Gasteiger charge is 2.05. The van der Waals surface area contributed by atoms with Gasteiger partial charge in [-0.25, -0.2) is 0 Å². The summed E-state index contributed by atoms with van der Waals surface area (Å²) < 4.78 is 5.05. The molecule has 68 valence electrons. The zero-order valence-corrected chi connectivity index (χ0v) is 7.53. The lowest BCUT2D eigenvalue weighted by Crippen LogP contribution is -2.17. The fourth-order valence-electron chi connectivity index (χ4n) is 1.48. The van der Waals surface area contributed by atoms with Gasteiger partial charge in [0.1, 0.15) is 0 Å². The molecule has 13 heavy (non-hydrogen) atoms. The largest absolute Gasteiger partial charge is 0.356 e. The fraction of sp³-hybridized carbons (Fsp3) is 0.300. The van der Waals surface area contributed by atoms with Crippen LogP contribution in [0.4, 0.5) is 0 Å². The molecule has 0 spiro atoms. The maximum atomic E-state index is 5.73. The molecule has 0 bridgehead atoms. The Morgan fingerprint density at radius 1 is 1.54 bits per heavy atom. The summed E-state index contributed by atoms with van der Waals surface area (Å²) in [5.74, 6) is 0. The van der Waals surface area contributed by atoms with Crippen LogP contribution in [-0.2, 0) is 6.42 Å². The standard InChI is InChI=1S/C10H12N2O/c1-7(11)5-8-3-2-4-10-9(8)6-12-13-10/h2-4,6-7H,5,11H2,1H3. The molecule has 1 aromatic heterocycles. The lowest BCUT2D eigenvalue weighted by Gasteiger charge is -2.04. The third-order valence-corrected chi connectivity index (χ3v) is 2.03. The topological polar surface area (TPSA) is 52.0 Å². The summed E-state index contributed by atoms with van der Waals surface area (Å²) in [5.41, 5.74) is 7.77.